The Morgan fingerprint density at radius 2 is 1.97 bits per heavy atom. The zero-order valence-electron chi connectivity index (χ0n) is 22.8. The van der Waals surface area contributed by atoms with Gasteiger partial charge < -0.3 is 9.47 Å². The lowest BCUT2D eigenvalue weighted by Crippen LogP contribution is -2.46. The Morgan fingerprint density at radius 3 is 2.66 bits per heavy atom. The van der Waals surface area contributed by atoms with Crippen LogP contribution in [-0.2, 0) is 9.63 Å². The third-order valence-electron chi connectivity index (χ3n) is 7.19. The van der Waals surface area contributed by atoms with E-state index in [4.69, 9.17) is 14.3 Å². The summed E-state index contributed by atoms with van der Waals surface area (Å²) in [5.74, 6) is 1.35. The van der Waals surface area contributed by atoms with E-state index in [1.165, 1.54) is 5.57 Å². The summed E-state index contributed by atoms with van der Waals surface area (Å²) in [4.78, 5) is 18.4. The summed E-state index contributed by atoms with van der Waals surface area (Å²) >= 11 is 0. The van der Waals surface area contributed by atoms with Gasteiger partial charge in [-0.1, -0.05) is 59.1 Å². The molecule has 35 heavy (non-hydrogen) atoms. The molecule has 0 fully saturated rings. The highest BCUT2D eigenvalue weighted by atomic mass is 16.6. The molecule has 3 rings (SSSR count). The molecule has 0 saturated heterocycles. The highest BCUT2D eigenvalue weighted by Gasteiger charge is 2.46. The molecule has 0 spiro atoms. The second-order valence-electron chi connectivity index (χ2n) is 10.9. The average molecular weight is 484 g/mol. The lowest BCUT2D eigenvalue weighted by atomic mass is 9.68. The Morgan fingerprint density at radius 1 is 1.23 bits per heavy atom. The van der Waals surface area contributed by atoms with Crippen LogP contribution in [-0.4, -0.2) is 18.2 Å². The molecule has 1 aromatic rings. The first-order chi connectivity index (χ1) is 16.7. The van der Waals surface area contributed by atoms with E-state index in [0.717, 1.165) is 67.5 Å². The Kier molecular flexibility index (Phi) is 9.46. The average Bonchev–Trinajstić information content (AvgIpc) is 2.81. The second-order valence-corrected chi connectivity index (χ2v) is 10.9. The normalized spacial score (nSPS) is 21.0. The highest BCUT2D eigenvalue weighted by Crippen LogP contribution is 2.54. The van der Waals surface area contributed by atoms with Crippen molar-refractivity contribution in [3.05, 3.63) is 41.1 Å². The van der Waals surface area contributed by atoms with Crippen molar-refractivity contribution in [1.82, 2.24) is 5.48 Å². The number of ether oxygens (including phenoxy) is 2. The van der Waals surface area contributed by atoms with Gasteiger partial charge in [-0.3, -0.25) is 15.1 Å². The number of hydroxylamine groups is 1. The number of carbonyl (C=O) groups is 1. The molecule has 1 aliphatic carbocycles. The van der Waals surface area contributed by atoms with Crippen molar-refractivity contribution in [1.29, 1.82) is 0 Å². The highest BCUT2D eigenvalue weighted by molar-refractivity contribution is 5.77. The van der Waals surface area contributed by atoms with Crippen LogP contribution in [0, 0.1) is 11.8 Å². The standard InChI is InChI=1S/C30H45NO4/c1-8-10-12-13-21(5)22-17-26(34-29(32)20(3)4)28-24-19-23(31-33-16-11-9-2)14-15-25(24)30(6,7)35-27(28)18-22/h13,17-20,24-25,31H,8-12,14-16H2,1-7H3. The van der Waals surface area contributed by atoms with Crippen LogP contribution >= 0.6 is 0 Å². The summed E-state index contributed by atoms with van der Waals surface area (Å²) < 4.78 is 12.7. The number of hydrogen-bond donors (Lipinski definition) is 1. The number of allylic oxidation sites excluding steroid dienone is 4. The third kappa shape index (κ3) is 6.69. The van der Waals surface area contributed by atoms with Crippen LogP contribution in [0.15, 0.2) is 30.0 Å². The van der Waals surface area contributed by atoms with Gasteiger partial charge in [-0.25, -0.2) is 0 Å². The van der Waals surface area contributed by atoms with Crippen LogP contribution in [0.2, 0.25) is 0 Å². The van der Waals surface area contributed by atoms with Gasteiger partial charge in [0.15, 0.2) is 0 Å². The van der Waals surface area contributed by atoms with Crippen molar-refractivity contribution < 1.29 is 19.1 Å². The van der Waals surface area contributed by atoms with Gasteiger partial charge in [0.2, 0.25) is 0 Å². The summed E-state index contributed by atoms with van der Waals surface area (Å²) in [6, 6.07) is 4.16. The molecule has 0 radical (unpaired) electrons. The molecule has 0 aromatic heterocycles. The van der Waals surface area contributed by atoms with Crippen LogP contribution in [0.4, 0.5) is 0 Å². The van der Waals surface area contributed by atoms with E-state index in [2.05, 4.69) is 58.3 Å². The minimum absolute atomic E-state index is 0.0770. The summed E-state index contributed by atoms with van der Waals surface area (Å²) in [5, 5.41) is 0. The number of unbranched alkanes of at least 4 members (excludes halogenated alkanes) is 3. The Balaban J connectivity index is 2.05. The largest absolute Gasteiger partial charge is 0.487 e. The molecule has 0 amide bonds. The summed E-state index contributed by atoms with van der Waals surface area (Å²) in [6.07, 6.45) is 11.9. The van der Waals surface area contributed by atoms with Gasteiger partial charge in [-0.15, -0.1) is 0 Å². The second kappa shape index (κ2) is 12.1. The van der Waals surface area contributed by atoms with Gasteiger partial charge in [-0.05, 0) is 69.7 Å². The number of benzene rings is 1. The fourth-order valence-electron chi connectivity index (χ4n) is 4.97. The molecule has 0 bridgehead atoms. The van der Waals surface area contributed by atoms with Crippen molar-refractivity contribution in [2.45, 2.75) is 105 Å². The Hall–Kier alpha value is -2.27. The maximum Gasteiger partial charge on any atom is 0.313 e. The lowest BCUT2D eigenvalue weighted by molar-refractivity contribution is -0.137. The molecular formula is C30H45NO4. The molecule has 2 atom stereocenters. The van der Waals surface area contributed by atoms with Gasteiger partial charge in [0.1, 0.15) is 17.1 Å². The van der Waals surface area contributed by atoms with E-state index >= 15 is 0 Å². The maximum atomic E-state index is 12.7. The third-order valence-corrected chi connectivity index (χ3v) is 7.19. The fraction of sp³-hybridized carbons (Fsp3) is 0.633. The fourth-order valence-corrected chi connectivity index (χ4v) is 4.97. The molecular weight excluding hydrogens is 438 g/mol. The van der Waals surface area contributed by atoms with E-state index in [0.29, 0.717) is 12.4 Å². The van der Waals surface area contributed by atoms with E-state index in [-0.39, 0.29) is 29.3 Å². The number of hydrogen-bond acceptors (Lipinski definition) is 5. The number of esters is 1. The molecule has 1 aliphatic heterocycles. The molecule has 5 heteroatoms. The SMILES string of the molecule is CCCCC=C(C)c1cc(OC(=O)C(C)C)c2c(c1)OC(C)(C)C1CCC(NOCCCC)=CC21. The first-order valence-corrected chi connectivity index (χ1v) is 13.5. The summed E-state index contributed by atoms with van der Waals surface area (Å²) in [6.45, 7) is 15.3. The van der Waals surface area contributed by atoms with Crippen LogP contribution in [0.1, 0.15) is 110 Å². The minimum atomic E-state index is -0.333. The van der Waals surface area contributed by atoms with E-state index in [1.54, 1.807) is 0 Å². The van der Waals surface area contributed by atoms with Crippen molar-refractivity contribution in [2.75, 3.05) is 6.61 Å². The smallest absolute Gasteiger partial charge is 0.313 e. The molecule has 1 heterocycles. The Labute approximate surface area is 212 Å². The number of rotatable bonds is 11. The van der Waals surface area contributed by atoms with Crippen molar-refractivity contribution in [3.63, 3.8) is 0 Å². The first kappa shape index (κ1) is 27.3. The minimum Gasteiger partial charge on any atom is -0.487 e. The molecule has 2 unspecified atom stereocenters. The van der Waals surface area contributed by atoms with Crippen molar-refractivity contribution >= 4 is 11.5 Å². The van der Waals surface area contributed by atoms with E-state index < -0.39 is 0 Å². The first-order valence-electron chi connectivity index (χ1n) is 13.5. The lowest BCUT2D eigenvalue weighted by Gasteiger charge is -2.46. The topological polar surface area (TPSA) is 56.8 Å². The number of fused-ring (bicyclic) bond motifs is 3. The molecule has 2 aliphatic rings. The summed E-state index contributed by atoms with van der Waals surface area (Å²) in [5.41, 5.74) is 7.14. The monoisotopic (exact) mass is 483 g/mol. The molecule has 0 saturated carbocycles. The predicted molar refractivity (Wildman–Crippen MR) is 142 cm³/mol. The van der Waals surface area contributed by atoms with Gasteiger partial charge in [-0.2, -0.15) is 0 Å². The van der Waals surface area contributed by atoms with Gasteiger partial charge in [0, 0.05) is 23.1 Å². The molecule has 5 nitrogen and oxygen atoms in total. The quantitative estimate of drug-likeness (QED) is 0.151. The zero-order chi connectivity index (χ0) is 25.6. The van der Waals surface area contributed by atoms with Crippen LogP contribution in [0.3, 0.4) is 0 Å². The van der Waals surface area contributed by atoms with Crippen LogP contribution < -0.4 is 15.0 Å². The molecule has 194 valence electrons. The summed E-state index contributed by atoms with van der Waals surface area (Å²) in [7, 11) is 0. The van der Waals surface area contributed by atoms with Gasteiger partial charge >= 0.3 is 5.97 Å². The van der Waals surface area contributed by atoms with Gasteiger partial charge in [0.25, 0.3) is 0 Å². The van der Waals surface area contributed by atoms with Crippen molar-refractivity contribution in [2.24, 2.45) is 11.8 Å². The van der Waals surface area contributed by atoms with Gasteiger partial charge in [0.05, 0.1) is 12.5 Å². The molecule has 1 aromatic carbocycles. The number of carbonyl (C=O) groups excluding carboxylic acids is 1. The van der Waals surface area contributed by atoms with Crippen LogP contribution in [0.25, 0.3) is 5.57 Å². The molecule has 1 N–H and O–H groups in total. The van der Waals surface area contributed by atoms with E-state index in [1.807, 2.05) is 19.9 Å². The number of nitrogens with one attached hydrogen (secondary N) is 1. The maximum absolute atomic E-state index is 12.7. The van der Waals surface area contributed by atoms with E-state index in [9.17, 15) is 4.79 Å². The predicted octanol–water partition coefficient (Wildman–Crippen LogP) is 7.71. The Bertz CT molecular complexity index is 944. The van der Waals surface area contributed by atoms with Crippen molar-refractivity contribution in [3.8, 4) is 11.5 Å². The zero-order valence-corrected chi connectivity index (χ0v) is 22.8. The van der Waals surface area contributed by atoms with Crippen LogP contribution in [0.5, 0.6) is 11.5 Å².